The summed E-state index contributed by atoms with van der Waals surface area (Å²) in [6.07, 6.45) is 5.77. The normalized spacial score (nSPS) is 16.2. The van der Waals surface area contributed by atoms with E-state index in [1.54, 1.807) is 0 Å². The quantitative estimate of drug-likeness (QED) is 0.816. The van der Waals surface area contributed by atoms with Crippen molar-refractivity contribution in [1.29, 1.82) is 0 Å². The third-order valence-electron chi connectivity index (χ3n) is 3.73. The summed E-state index contributed by atoms with van der Waals surface area (Å²) in [6, 6.07) is 2.02. The van der Waals surface area contributed by atoms with E-state index in [1.165, 1.54) is 19.3 Å². The van der Waals surface area contributed by atoms with Crippen LogP contribution in [0.3, 0.4) is 0 Å². The molecule has 0 spiro atoms. The molecule has 3 nitrogen and oxygen atoms in total. The average molecular weight is 263 g/mol. The van der Waals surface area contributed by atoms with Crippen molar-refractivity contribution < 1.29 is 0 Å². The molecule has 1 fully saturated rings. The zero-order chi connectivity index (χ0) is 14.3. The number of rotatable bonds is 3. The Morgan fingerprint density at radius 2 is 1.89 bits per heavy atom. The molecule has 0 N–H and O–H groups in total. The van der Waals surface area contributed by atoms with E-state index in [0.717, 1.165) is 30.6 Å². The van der Waals surface area contributed by atoms with Gasteiger partial charge in [0.25, 0.3) is 0 Å². The fourth-order valence-electron chi connectivity index (χ4n) is 2.38. The lowest BCUT2D eigenvalue weighted by Crippen LogP contribution is -2.34. The molecule has 1 aromatic rings. The van der Waals surface area contributed by atoms with Crippen molar-refractivity contribution in [3.63, 3.8) is 0 Å². The van der Waals surface area contributed by atoms with Crippen LogP contribution in [0.15, 0.2) is 12.3 Å². The van der Waals surface area contributed by atoms with Gasteiger partial charge in [0.15, 0.2) is 0 Å². The number of hydrogen-bond donors (Lipinski definition) is 0. The first kappa shape index (κ1) is 15.9. The zero-order valence-corrected chi connectivity index (χ0v) is 13.2. The highest BCUT2D eigenvalue weighted by molar-refractivity contribution is 5.31. The van der Waals surface area contributed by atoms with Crippen LogP contribution in [0.1, 0.15) is 65.5 Å². The molecule has 1 aromatic heterocycles. The Morgan fingerprint density at radius 1 is 1.26 bits per heavy atom. The summed E-state index contributed by atoms with van der Waals surface area (Å²) in [5, 5.41) is 0. The van der Waals surface area contributed by atoms with Crippen molar-refractivity contribution in [2.24, 2.45) is 5.92 Å². The van der Waals surface area contributed by atoms with Crippen LogP contribution >= 0.6 is 0 Å². The van der Waals surface area contributed by atoms with Gasteiger partial charge in [-0.3, -0.25) is 0 Å². The van der Waals surface area contributed by atoms with Gasteiger partial charge in [-0.2, -0.15) is 0 Å². The second-order valence-electron chi connectivity index (χ2n) is 5.27. The van der Waals surface area contributed by atoms with Crippen LogP contribution in [0.4, 0.5) is 5.95 Å². The largest absolute Gasteiger partial charge is 0.341 e. The van der Waals surface area contributed by atoms with Gasteiger partial charge in [-0.15, -0.1) is 0 Å². The Kier molecular flexibility index (Phi) is 6.82. The molecule has 0 radical (unpaired) electrons. The molecule has 0 aromatic carbocycles. The van der Waals surface area contributed by atoms with Crippen LogP contribution in [0, 0.1) is 5.92 Å². The lowest BCUT2D eigenvalue weighted by Gasteiger charge is -2.31. The molecule has 0 aliphatic carbocycles. The maximum atomic E-state index is 4.66. The van der Waals surface area contributed by atoms with Gasteiger partial charge in [0.1, 0.15) is 0 Å². The smallest absolute Gasteiger partial charge is 0.225 e. The molecule has 0 bridgehead atoms. The van der Waals surface area contributed by atoms with Crippen LogP contribution in [0.5, 0.6) is 0 Å². The Balaban J connectivity index is 0.000000861. The van der Waals surface area contributed by atoms with Gasteiger partial charge < -0.3 is 4.90 Å². The fourth-order valence-corrected chi connectivity index (χ4v) is 2.38. The first-order chi connectivity index (χ1) is 9.20. The van der Waals surface area contributed by atoms with E-state index in [2.05, 4.69) is 35.6 Å². The molecular formula is C16H29N3. The summed E-state index contributed by atoms with van der Waals surface area (Å²) in [7, 11) is 0. The Labute approximate surface area is 118 Å². The van der Waals surface area contributed by atoms with E-state index in [0.29, 0.717) is 5.92 Å². The average Bonchev–Trinajstić information content (AvgIpc) is 2.49. The van der Waals surface area contributed by atoms with Crippen molar-refractivity contribution in [1.82, 2.24) is 9.97 Å². The Morgan fingerprint density at radius 3 is 2.42 bits per heavy atom. The van der Waals surface area contributed by atoms with Gasteiger partial charge >= 0.3 is 0 Å². The molecule has 2 rings (SSSR count). The predicted octanol–water partition coefficient (Wildman–Crippen LogP) is 4.25. The Hall–Kier alpha value is -1.12. The van der Waals surface area contributed by atoms with Gasteiger partial charge in [-0.05, 0) is 30.7 Å². The van der Waals surface area contributed by atoms with Crippen molar-refractivity contribution >= 4 is 5.95 Å². The van der Waals surface area contributed by atoms with Crippen LogP contribution in [0.2, 0.25) is 0 Å². The molecule has 0 amide bonds. The van der Waals surface area contributed by atoms with E-state index >= 15 is 0 Å². The molecular weight excluding hydrogens is 234 g/mol. The van der Waals surface area contributed by atoms with Crippen molar-refractivity contribution in [2.75, 3.05) is 18.0 Å². The minimum absolute atomic E-state index is 0.477. The number of hydrogen-bond acceptors (Lipinski definition) is 3. The van der Waals surface area contributed by atoms with Crippen molar-refractivity contribution in [2.45, 2.75) is 59.8 Å². The highest BCUT2D eigenvalue weighted by Gasteiger charge is 2.19. The van der Waals surface area contributed by atoms with Crippen LogP contribution in [-0.4, -0.2) is 23.1 Å². The topological polar surface area (TPSA) is 29.0 Å². The van der Waals surface area contributed by atoms with E-state index in [9.17, 15) is 0 Å². The molecule has 0 saturated carbocycles. The third kappa shape index (κ3) is 4.48. The van der Waals surface area contributed by atoms with E-state index in [1.807, 2.05) is 26.1 Å². The summed E-state index contributed by atoms with van der Waals surface area (Å²) in [4.78, 5) is 11.4. The summed E-state index contributed by atoms with van der Waals surface area (Å²) in [5.41, 5.74) is 1.15. The van der Waals surface area contributed by atoms with Gasteiger partial charge in [0, 0.05) is 25.0 Å². The van der Waals surface area contributed by atoms with Gasteiger partial charge in [0.05, 0.1) is 0 Å². The molecule has 108 valence electrons. The Bertz CT molecular complexity index is 355. The number of aromatic nitrogens is 2. The lowest BCUT2D eigenvalue weighted by molar-refractivity contribution is 0.392. The predicted molar refractivity (Wildman–Crippen MR) is 82.7 cm³/mol. The van der Waals surface area contributed by atoms with E-state index in [4.69, 9.17) is 0 Å². The summed E-state index contributed by atoms with van der Waals surface area (Å²) >= 11 is 0. The molecule has 1 saturated heterocycles. The number of anilines is 1. The van der Waals surface area contributed by atoms with Crippen molar-refractivity contribution in [3.8, 4) is 0 Å². The van der Waals surface area contributed by atoms with Gasteiger partial charge in [0.2, 0.25) is 5.95 Å². The molecule has 1 aliphatic heterocycles. The molecule has 2 heterocycles. The molecule has 0 atom stereocenters. The maximum absolute atomic E-state index is 4.66. The standard InChI is InChI=1S/C14H23N3.C2H6/c1-4-12-6-9-17(10-7-12)14-15-8-5-13(16-14)11(2)3;1-2/h5,8,11-12H,4,6-7,9-10H2,1-3H3;1-2H3. The number of piperidine rings is 1. The summed E-state index contributed by atoms with van der Waals surface area (Å²) in [6.45, 7) is 12.9. The third-order valence-corrected chi connectivity index (χ3v) is 3.73. The first-order valence-corrected chi connectivity index (χ1v) is 7.78. The minimum Gasteiger partial charge on any atom is -0.341 e. The van der Waals surface area contributed by atoms with Crippen LogP contribution < -0.4 is 4.90 Å². The van der Waals surface area contributed by atoms with Crippen LogP contribution in [0.25, 0.3) is 0 Å². The van der Waals surface area contributed by atoms with E-state index in [-0.39, 0.29) is 0 Å². The summed E-state index contributed by atoms with van der Waals surface area (Å²) in [5.74, 6) is 2.30. The highest BCUT2D eigenvalue weighted by atomic mass is 15.2. The SMILES string of the molecule is CC.CCC1CCN(c2nccc(C(C)C)n2)CC1. The second kappa shape index (κ2) is 8.13. The van der Waals surface area contributed by atoms with E-state index < -0.39 is 0 Å². The fraction of sp³-hybridized carbons (Fsp3) is 0.750. The lowest BCUT2D eigenvalue weighted by atomic mass is 9.95. The van der Waals surface area contributed by atoms with Crippen molar-refractivity contribution in [3.05, 3.63) is 18.0 Å². The van der Waals surface area contributed by atoms with Gasteiger partial charge in [-0.25, -0.2) is 9.97 Å². The van der Waals surface area contributed by atoms with Gasteiger partial charge in [-0.1, -0.05) is 41.0 Å². The second-order valence-corrected chi connectivity index (χ2v) is 5.27. The highest BCUT2D eigenvalue weighted by Crippen LogP contribution is 2.23. The van der Waals surface area contributed by atoms with Crippen LogP contribution in [-0.2, 0) is 0 Å². The maximum Gasteiger partial charge on any atom is 0.225 e. The molecule has 1 aliphatic rings. The first-order valence-electron chi connectivity index (χ1n) is 7.78. The molecule has 19 heavy (non-hydrogen) atoms. The summed E-state index contributed by atoms with van der Waals surface area (Å²) < 4.78 is 0. The number of nitrogens with zero attached hydrogens (tertiary/aromatic N) is 3. The monoisotopic (exact) mass is 263 g/mol. The molecule has 3 heteroatoms. The zero-order valence-electron chi connectivity index (χ0n) is 13.2. The molecule has 0 unspecified atom stereocenters. The minimum atomic E-state index is 0.477.